The highest BCUT2D eigenvalue weighted by Gasteiger charge is 2.21. The fourth-order valence-corrected chi connectivity index (χ4v) is 3.16. The average Bonchev–Trinajstić information content (AvgIpc) is 2.60. The molecule has 23 heavy (non-hydrogen) atoms. The Bertz CT molecular complexity index is 749. The molecule has 0 saturated heterocycles. The second kappa shape index (κ2) is 6.58. The molecule has 1 aromatic heterocycles. The van der Waals surface area contributed by atoms with E-state index in [0.29, 0.717) is 5.56 Å². The number of aryl methyl sites for hydroxylation is 1. The van der Waals surface area contributed by atoms with E-state index in [1.807, 2.05) is 24.6 Å². The minimum absolute atomic E-state index is 0.309. The van der Waals surface area contributed by atoms with Crippen LogP contribution in [0, 0.1) is 6.92 Å². The molecule has 3 rings (SSSR count). The number of nitrogens with zero attached hydrogens (tertiary/aromatic N) is 3. The predicted octanol–water partition coefficient (Wildman–Crippen LogP) is 2.86. The topological polar surface area (TPSA) is 55.3 Å². The fourth-order valence-electron chi connectivity index (χ4n) is 2.80. The Hall–Kier alpha value is -2.08. The molecule has 5 nitrogen and oxygen atoms in total. The number of fused-ring (bicyclic) bond motifs is 1. The number of benzene rings is 1. The number of aromatic nitrogens is 2. The maximum absolute atomic E-state index is 11.8. The van der Waals surface area contributed by atoms with Crippen molar-refractivity contribution in [3.63, 3.8) is 0 Å². The first kappa shape index (κ1) is 15.8. The van der Waals surface area contributed by atoms with Crippen molar-refractivity contribution in [3.05, 3.63) is 46.8 Å². The molecule has 1 aromatic carbocycles. The summed E-state index contributed by atoms with van der Waals surface area (Å²) in [7, 11) is 1.40. The van der Waals surface area contributed by atoms with Gasteiger partial charge in [0.2, 0.25) is 0 Å². The number of carbonyl (C=O) groups excluding carboxylic acids is 1. The Morgan fingerprint density at radius 1 is 1.39 bits per heavy atom. The van der Waals surface area contributed by atoms with Crippen LogP contribution in [-0.4, -0.2) is 35.8 Å². The van der Waals surface area contributed by atoms with Gasteiger partial charge in [-0.2, -0.15) is 0 Å². The molecule has 2 heterocycles. The van der Waals surface area contributed by atoms with Crippen LogP contribution in [0.15, 0.2) is 29.6 Å². The summed E-state index contributed by atoms with van der Waals surface area (Å²) >= 11 is 1.56. The molecule has 0 radical (unpaired) electrons. The molecule has 0 saturated carbocycles. The van der Waals surface area contributed by atoms with E-state index in [9.17, 15) is 4.79 Å². The van der Waals surface area contributed by atoms with Crippen LogP contribution in [0.1, 0.15) is 27.2 Å². The molecule has 0 N–H and O–H groups in total. The van der Waals surface area contributed by atoms with Gasteiger partial charge in [-0.3, -0.25) is 0 Å². The SMILES string of the molecule is COC(=O)c1ccc(C)c(N2CCc3nc(SC)ncc3C2)c1. The van der Waals surface area contributed by atoms with Crippen molar-refractivity contribution >= 4 is 23.4 Å². The second-order valence-electron chi connectivity index (χ2n) is 5.49. The van der Waals surface area contributed by atoms with Gasteiger partial charge in [0.15, 0.2) is 5.16 Å². The molecular weight excluding hydrogens is 310 g/mol. The molecule has 1 aliphatic rings. The minimum atomic E-state index is -0.309. The molecule has 120 valence electrons. The van der Waals surface area contributed by atoms with Gasteiger partial charge in [-0.1, -0.05) is 17.8 Å². The smallest absolute Gasteiger partial charge is 0.337 e. The molecule has 0 bridgehead atoms. The van der Waals surface area contributed by atoms with Crippen molar-refractivity contribution in [1.82, 2.24) is 9.97 Å². The second-order valence-corrected chi connectivity index (χ2v) is 6.27. The number of thioether (sulfide) groups is 1. The van der Waals surface area contributed by atoms with Gasteiger partial charge in [0, 0.05) is 37.0 Å². The summed E-state index contributed by atoms with van der Waals surface area (Å²) in [6, 6.07) is 5.67. The van der Waals surface area contributed by atoms with Crippen molar-refractivity contribution in [3.8, 4) is 0 Å². The number of hydrogen-bond acceptors (Lipinski definition) is 6. The van der Waals surface area contributed by atoms with Gasteiger partial charge in [-0.15, -0.1) is 0 Å². The number of ether oxygens (including phenoxy) is 1. The average molecular weight is 329 g/mol. The summed E-state index contributed by atoms with van der Waals surface area (Å²) in [6.45, 7) is 3.69. The van der Waals surface area contributed by atoms with Gasteiger partial charge in [-0.25, -0.2) is 14.8 Å². The molecule has 0 atom stereocenters. The monoisotopic (exact) mass is 329 g/mol. The van der Waals surface area contributed by atoms with Gasteiger partial charge in [0.25, 0.3) is 0 Å². The molecule has 0 fully saturated rings. The van der Waals surface area contributed by atoms with Gasteiger partial charge in [-0.05, 0) is 30.9 Å². The number of esters is 1. The molecule has 0 aliphatic carbocycles. The molecule has 0 unspecified atom stereocenters. The summed E-state index contributed by atoms with van der Waals surface area (Å²) in [5, 5.41) is 0.820. The van der Waals surface area contributed by atoms with Crippen molar-refractivity contribution in [1.29, 1.82) is 0 Å². The normalized spacial score (nSPS) is 13.6. The third kappa shape index (κ3) is 3.17. The molecule has 6 heteroatoms. The Labute approximate surface area is 140 Å². The van der Waals surface area contributed by atoms with Crippen molar-refractivity contribution in [2.24, 2.45) is 0 Å². The number of methoxy groups -OCH3 is 1. The summed E-state index contributed by atoms with van der Waals surface area (Å²) in [5.74, 6) is -0.309. The Morgan fingerprint density at radius 2 is 2.22 bits per heavy atom. The fraction of sp³-hybridized carbons (Fsp3) is 0.353. The van der Waals surface area contributed by atoms with E-state index >= 15 is 0 Å². The maximum atomic E-state index is 11.8. The summed E-state index contributed by atoms with van der Waals surface area (Å²) < 4.78 is 4.82. The Balaban J connectivity index is 1.90. The number of hydrogen-bond donors (Lipinski definition) is 0. The van der Waals surface area contributed by atoms with Crippen LogP contribution in [-0.2, 0) is 17.7 Å². The van der Waals surface area contributed by atoms with Crippen LogP contribution in [0.3, 0.4) is 0 Å². The van der Waals surface area contributed by atoms with E-state index in [1.165, 1.54) is 7.11 Å². The van der Waals surface area contributed by atoms with E-state index in [2.05, 4.69) is 21.8 Å². The van der Waals surface area contributed by atoms with Crippen LogP contribution in [0.2, 0.25) is 0 Å². The first-order valence-corrected chi connectivity index (χ1v) is 8.67. The number of anilines is 1. The molecule has 1 aliphatic heterocycles. The lowest BCUT2D eigenvalue weighted by atomic mass is 10.0. The van der Waals surface area contributed by atoms with Gasteiger partial charge in [0.05, 0.1) is 18.4 Å². The van der Waals surface area contributed by atoms with Crippen molar-refractivity contribution in [2.45, 2.75) is 25.0 Å². The third-order valence-electron chi connectivity index (χ3n) is 4.07. The van der Waals surface area contributed by atoms with Crippen LogP contribution >= 0.6 is 11.8 Å². The Morgan fingerprint density at radius 3 is 2.96 bits per heavy atom. The summed E-state index contributed by atoms with van der Waals surface area (Å²) in [5.41, 5.74) is 5.06. The van der Waals surface area contributed by atoms with E-state index in [4.69, 9.17) is 4.74 Å². The van der Waals surface area contributed by atoms with Crippen LogP contribution in [0.5, 0.6) is 0 Å². The van der Waals surface area contributed by atoms with E-state index in [-0.39, 0.29) is 5.97 Å². The minimum Gasteiger partial charge on any atom is -0.465 e. The van der Waals surface area contributed by atoms with Crippen LogP contribution in [0.25, 0.3) is 0 Å². The van der Waals surface area contributed by atoms with E-state index < -0.39 is 0 Å². The predicted molar refractivity (Wildman–Crippen MR) is 91.1 cm³/mol. The van der Waals surface area contributed by atoms with Crippen molar-refractivity contribution in [2.75, 3.05) is 24.8 Å². The largest absolute Gasteiger partial charge is 0.465 e. The van der Waals surface area contributed by atoms with E-state index in [0.717, 1.165) is 47.2 Å². The van der Waals surface area contributed by atoms with Crippen LogP contribution < -0.4 is 4.90 Å². The third-order valence-corrected chi connectivity index (χ3v) is 4.63. The zero-order valence-electron chi connectivity index (χ0n) is 13.5. The highest BCUT2D eigenvalue weighted by atomic mass is 32.2. The molecular formula is C17H19N3O2S. The quantitative estimate of drug-likeness (QED) is 0.490. The molecule has 0 spiro atoms. The standard InChI is InChI=1S/C17H19N3O2S/c1-11-4-5-12(16(21)22-2)8-15(11)20-7-6-14-13(10-20)9-18-17(19-14)23-3/h4-5,8-9H,6-7,10H2,1-3H3. The van der Waals surface area contributed by atoms with Gasteiger partial charge >= 0.3 is 5.97 Å². The van der Waals surface area contributed by atoms with Crippen molar-refractivity contribution < 1.29 is 9.53 Å². The zero-order valence-corrected chi connectivity index (χ0v) is 14.3. The lowest BCUT2D eigenvalue weighted by Gasteiger charge is -2.31. The lowest BCUT2D eigenvalue weighted by Crippen LogP contribution is -2.32. The molecule has 0 amide bonds. The first-order chi connectivity index (χ1) is 11.1. The molecule has 2 aromatic rings. The summed E-state index contributed by atoms with van der Waals surface area (Å²) in [4.78, 5) is 23.0. The first-order valence-electron chi connectivity index (χ1n) is 7.45. The maximum Gasteiger partial charge on any atom is 0.337 e. The highest BCUT2D eigenvalue weighted by molar-refractivity contribution is 7.98. The van der Waals surface area contributed by atoms with Gasteiger partial charge in [0.1, 0.15) is 0 Å². The van der Waals surface area contributed by atoms with E-state index in [1.54, 1.807) is 17.8 Å². The lowest BCUT2D eigenvalue weighted by molar-refractivity contribution is 0.0601. The zero-order chi connectivity index (χ0) is 16.4. The van der Waals surface area contributed by atoms with Gasteiger partial charge < -0.3 is 9.64 Å². The summed E-state index contributed by atoms with van der Waals surface area (Å²) in [6.07, 6.45) is 4.78. The Kier molecular flexibility index (Phi) is 4.52. The van der Waals surface area contributed by atoms with Crippen LogP contribution in [0.4, 0.5) is 5.69 Å². The number of rotatable bonds is 3. The number of carbonyl (C=O) groups is 1. The highest BCUT2D eigenvalue weighted by Crippen LogP contribution is 2.28.